The fraction of sp³-hybridized carbons (Fsp3) is 0.174. The summed E-state index contributed by atoms with van der Waals surface area (Å²) in [7, 11) is -4.15. The summed E-state index contributed by atoms with van der Waals surface area (Å²) in [5, 5.41) is 8.73. The third kappa shape index (κ3) is 4.48. The van der Waals surface area contributed by atoms with Crippen LogP contribution in [-0.2, 0) is 27.8 Å². The Kier molecular flexibility index (Phi) is 5.96. The van der Waals surface area contributed by atoms with Gasteiger partial charge in [0.05, 0.1) is 30.6 Å². The van der Waals surface area contributed by atoms with E-state index in [0.717, 1.165) is 22.1 Å². The van der Waals surface area contributed by atoms with Gasteiger partial charge in [0.1, 0.15) is 0 Å². The third-order valence-electron chi connectivity index (χ3n) is 5.33. The quantitative estimate of drug-likeness (QED) is 0.401. The molecule has 11 heteroatoms. The minimum Gasteiger partial charge on any atom is -0.477 e. The first-order valence-corrected chi connectivity index (χ1v) is 12.8. The van der Waals surface area contributed by atoms with Crippen LogP contribution in [0.2, 0.25) is 0 Å². The maximum absolute atomic E-state index is 12.9. The second-order valence-corrected chi connectivity index (χ2v) is 10.3. The van der Waals surface area contributed by atoms with Crippen LogP contribution in [0.4, 0.5) is 0 Å². The normalized spacial score (nSPS) is 13.2. The maximum Gasteiger partial charge on any atom is 0.271 e. The Morgan fingerprint density at radius 2 is 1.88 bits per heavy atom. The Bertz CT molecular complexity index is 1450. The van der Waals surface area contributed by atoms with Crippen LogP contribution in [-0.4, -0.2) is 40.5 Å². The second-order valence-electron chi connectivity index (χ2n) is 7.73. The molecular weight excluding hydrogens is 522 g/mol. The van der Waals surface area contributed by atoms with Gasteiger partial charge in [0, 0.05) is 34.8 Å². The molecule has 0 radical (unpaired) electrons. The van der Waals surface area contributed by atoms with Crippen molar-refractivity contribution in [3.8, 4) is 22.8 Å². The monoisotopic (exact) mass is 541 g/mol. The topological polar surface area (TPSA) is 108 Å². The number of amides is 1. The molecular formula is C23H20BrN5O4S. The number of halogens is 1. The molecule has 0 unspecified atom stereocenters. The summed E-state index contributed by atoms with van der Waals surface area (Å²) in [5.41, 5.74) is 2.81. The van der Waals surface area contributed by atoms with E-state index in [1.807, 2.05) is 54.6 Å². The van der Waals surface area contributed by atoms with E-state index < -0.39 is 15.9 Å². The lowest BCUT2D eigenvalue weighted by Gasteiger charge is -2.16. The summed E-state index contributed by atoms with van der Waals surface area (Å²) >= 11 is 3.42. The Hall–Kier alpha value is -3.44. The summed E-state index contributed by atoms with van der Waals surface area (Å²) in [5.74, 6) is -0.527. The van der Waals surface area contributed by atoms with E-state index in [-0.39, 0.29) is 17.2 Å². The van der Waals surface area contributed by atoms with E-state index >= 15 is 0 Å². The van der Waals surface area contributed by atoms with Crippen molar-refractivity contribution in [1.29, 1.82) is 0 Å². The van der Waals surface area contributed by atoms with Crippen LogP contribution in [0.25, 0.3) is 16.9 Å². The Labute approximate surface area is 204 Å². The highest BCUT2D eigenvalue weighted by molar-refractivity contribution is 9.10. The van der Waals surface area contributed by atoms with Crippen LogP contribution < -0.4 is 9.46 Å². The third-order valence-corrected chi connectivity index (χ3v) is 7.21. The van der Waals surface area contributed by atoms with Crippen molar-refractivity contribution in [3.05, 3.63) is 77.0 Å². The summed E-state index contributed by atoms with van der Waals surface area (Å²) in [6, 6.07) is 17.0. The molecule has 5 rings (SSSR count). The lowest BCUT2D eigenvalue weighted by molar-refractivity contribution is -0.118. The molecule has 34 heavy (non-hydrogen) atoms. The van der Waals surface area contributed by atoms with Crippen molar-refractivity contribution in [2.45, 2.75) is 24.3 Å². The van der Waals surface area contributed by atoms with Crippen molar-refractivity contribution in [2.75, 3.05) is 6.61 Å². The molecule has 1 aliphatic rings. The van der Waals surface area contributed by atoms with Crippen molar-refractivity contribution >= 4 is 31.9 Å². The van der Waals surface area contributed by atoms with Gasteiger partial charge in [-0.2, -0.15) is 10.2 Å². The molecule has 4 aromatic rings. The lowest BCUT2D eigenvalue weighted by Crippen LogP contribution is -2.32. The number of ether oxygens (including phenoxy) is 1. The number of rotatable bonds is 6. The average molecular weight is 542 g/mol. The van der Waals surface area contributed by atoms with Gasteiger partial charge < -0.3 is 4.74 Å². The molecule has 1 N–H and O–H groups in total. The number of carbonyl (C=O) groups is 1. The van der Waals surface area contributed by atoms with Gasteiger partial charge in [-0.1, -0.05) is 46.3 Å². The van der Waals surface area contributed by atoms with Crippen LogP contribution in [0, 0.1) is 0 Å². The molecule has 0 atom stereocenters. The van der Waals surface area contributed by atoms with E-state index in [1.54, 1.807) is 10.9 Å². The fourth-order valence-corrected chi connectivity index (χ4v) is 5.07. The molecule has 1 amide bonds. The van der Waals surface area contributed by atoms with E-state index in [4.69, 9.17) is 4.74 Å². The number of fused-ring (bicyclic) bond motifs is 1. The number of hydrogen-bond donors (Lipinski definition) is 1. The standard InChI is InChI=1S/C23H20BrN5O4S/c24-18-9-7-16(8-10-18)22-17(15-29(26-22)19-5-2-1-3-6-19)13-21(30)27-34(31,32)20-14-25-28-11-4-12-33-23(20)28/h1-3,5-10,14-15H,4,11-13H2,(H,27,30). The molecule has 0 spiro atoms. The van der Waals surface area contributed by atoms with Gasteiger partial charge in [-0.05, 0) is 24.3 Å². The minimum atomic E-state index is -4.15. The first-order valence-electron chi connectivity index (χ1n) is 10.5. The average Bonchev–Trinajstić information content (AvgIpc) is 3.45. The van der Waals surface area contributed by atoms with Gasteiger partial charge in [0.25, 0.3) is 10.0 Å². The number of nitrogens with one attached hydrogen (secondary N) is 1. The number of aryl methyl sites for hydroxylation is 1. The van der Waals surface area contributed by atoms with Crippen molar-refractivity contribution in [3.63, 3.8) is 0 Å². The molecule has 0 fully saturated rings. The van der Waals surface area contributed by atoms with Crippen LogP contribution in [0.1, 0.15) is 12.0 Å². The number of aromatic nitrogens is 4. The van der Waals surface area contributed by atoms with Gasteiger partial charge in [-0.15, -0.1) is 0 Å². The minimum absolute atomic E-state index is 0.145. The van der Waals surface area contributed by atoms with Gasteiger partial charge >= 0.3 is 0 Å². The fourth-order valence-electron chi connectivity index (χ4n) is 3.75. The summed E-state index contributed by atoms with van der Waals surface area (Å²) in [4.78, 5) is 12.7. The van der Waals surface area contributed by atoms with Crippen LogP contribution in [0.3, 0.4) is 0 Å². The summed E-state index contributed by atoms with van der Waals surface area (Å²) in [6.07, 6.45) is 3.51. The Balaban J connectivity index is 1.44. The zero-order valence-electron chi connectivity index (χ0n) is 17.9. The number of para-hydroxylation sites is 1. The Morgan fingerprint density at radius 3 is 2.65 bits per heavy atom. The molecule has 0 saturated heterocycles. The van der Waals surface area contributed by atoms with Crippen molar-refractivity contribution < 1.29 is 17.9 Å². The summed E-state index contributed by atoms with van der Waals surface area (Å²) in [6.45, 7) is 0.964. The number of carbonyl (C=O) groups excluding carboxylic acids is 1. The number of benzene rings is 2. The highest BCUT2D eigenvalue weighted by Gasteiger charge is 2.28. The molecule has 2 aromatic heterocycles. The SMILES string of the molecule is O=C(Cc1cn(-c2ccccc2)nc1-c1ccc(Br)cc1)NS(=O)(=O)c1cnn2c1OCCC2. The second kappa shape index (κ2) is 9.07. The van der Waals surface area contributed by atoms with Gasteiger partial charge in [0.2, 0.25) is 11.8 Å². The number of hydrogen-bond acceptors (Lipinski definition) is 6. The summed E-state index contributed by atoms with van der Waals surface area (Å²) < 4.78 is 37.5. The maximum atomic E-state index is 12.9. The first kappa shape index (κ1) is 22.4. The van der Waals surface area contributed by atoms with Crippen molar-refractivity contribution in [2.24, 2.45) is 0 Å². The van der Waals surface area contributed by atoms with Crippen LogP contribution in [0.5, 0.6) is 5.88 Å². The van der Waals surface area contributed by atoms with Gasteiger partial charge in [-0.25, -0.2) is 22.5 Å². The molecule has 174 valence electrons. The first-order chi connectivity index (χ1) is 16.4. The lowest BCUT2D eigenvalue weighted by atomic mass is 10.1. The number of nitrogens with zero attached hydrogens (tertiary/aromatic N) is 4. The smallest absolute Gasteiger partial charge is 0.271 e. The van der Waals surface area contributed by atoms with E-state index in [9.17, 15) is 13.2 Å². The largest absolute Gasteiger partial charge is 0.477 e. The Morgan fingerprint density at radius 1 is 1.12 bits per heavy atom. The van der Waals surface area contributed by atoms with E-state index in [2.05, 4.69) is 30.8 Å². The van der Waals surface area contributed by atoms with E-state index in [0.29, 0.717) is 24.4 Å². The van der Waals surface area contributed by atoms with Crippen LogP contribution >= 0.6 is 15.9 Å². The zero-order chi connectivity index (χ0) is 23.7. The molecule has 0 bridgehead atoms. The van der Waals surface area contributed by atoms with Crippen molar-refractivity contribution in [1.82, 2.24) is 24.3 Å². The van der Waals surface area contributed by atoms with Crippen LogP contribution in [0.15, 0.2) is 76.4 Å². The molecule has 9 nitrogen and oxygen atoms in total. The molecule has 1 aliphatic heterocycles. The molecule has 3 heterocycles. The predicted molar refractivity (Wildman–Crippen MR) is 128 cm³/mol. The van der Waals surface area contributed by atoms with Gasteiger partial charge in [0.15, 0.2) is 4.90 Å². The molecule has 0 aliphatic carbocycles. The number of sulfonamides is 1. The molecule has 2 aromatic carbocycles. The highest BCUT2D eigenvalue weighted by atomic mass is 79.9. The highest BCUT2D eigenvalue weighted by Crippen LogP contribution is 2.28. The zero-order valence-corrected chi connectivity index (χ0v) is 20.3. The van der Waals surface area contributed by atoms with Gasteiger partial charge in [-0.3, -0.25) is 4.79 Å². The molecule has 0 saturated carbocycles. The van der Waals surface area contributed by atoms with E-state index in [1.165, 1.54) is 10.9 Å². The predicted octanol–water partition coefficient (Wildman–Crippen LogP) is 3.33.